The van der Waals surface area contributed by atoms with Gasteiger partial charge in [-0.2, -0.15) is 0 Å². The van der Waals surface area contributed by atoms with E-state index in [0.717, 1.165) is 29.4 Å². The molecule has 0 aliphatic carbocycles. The van der Waals surface area contributed by atoms with Crippen molar-refractivity contribution >= 4 is 16.8 Å². The highest BCUT2D eigenvalue weighted by Crippen LogP contribution is 2.23. The van der Waals surface area contributed by atoms with Gasteiger partial charge in [-0.05, 0) is 69.5 Å². The molecule has 4 nitrogen and oxygen atoms in total. The Morgan fingerprint density at radius 1 is 1.48 bits per heavy atom. The number of nitrogens with one attached hydrogen (secondary N) is 2. The lowest BCUT2D eigenvalue weighted by Gasteiger charge is -2.29. The number of piperidine rings is 1. The summed E-state index contributed by atoms with van der Waals surface area (Å²) in [7, 11) is 2.15. The van der Waals surface area contributed by atoms with Crippen LogP contribution >= 0.6 is 0 Å². The molecule has 1 saturated heterocycles. The summed E-state index contributed by atoms with van der Waals surface area (Å²) in [6, 6.07) is 4.54. The van der Waals surface area contributed by atoms with Gasteiger partial charge in [-0.15, -0.1) is 0 Å². The molecule has 0 unspecified atom stereocenters. The Bertz CT molecular complexity index is 710. The van der Waals surface area contributed by atoms with Crippen molar-refractivity contribution < 1.29 is 9.18 Å². The number of carbonyl (C=O) groups excluding carboxylic acids is 1. The molecule has 5 heteroatoms. The molecule has 1 atom stereocenters. The fourth-order valence-electron chi connectivity index (χ4n) is 3.51. The van der Waals surface area contributed by atoms with E-state index in [1.165, 1.54) is 31.5 Å². The van der Waals surface area contributed by atoms with Crippen molar-refractivity contribution in [1.82, 2.24) is 15.2 Å². The first-order valence-corrected chi connectivity index (χ1v) is 8.29. The molecule has 1 aliphatic rings. The number of rotatable bonds is 4. The lowest BCUT2D eigenvalue weighted by molar-refractivity contribution is 0.0943. The number of aromatic nitrogens is 1. The van der Waals surface area contributed by atoms with Crippen molar-refractivity contribution in [3.05, 3.63) is 35.3 Å². The first-order chi connectivity index (χ1) is 11.0. The van der Waals surface area contributed by atoms with Gasteiger partial charge in [-0.25, -0.2) is 4.39 Å². The van der Waals surface area contributed by atoms with Gasteiger partial charge in [0.15, 0.2) is 0 Å². The van der Waals surface area contributed by atoms with Crippen molar-refractivity contribution in [3.8, 4) is 0 Å². The summed E-state index contributed by atoms with van der Waals surface area (Å²) in [5.74, 6) is 0.267. The van der Waals surface area contributed by atoms with Crippen molar-refractivity contribution in [2.75, 3.05) is 26.7 Å². The van der Waals surface area contributed by atoms with Crippen LogP contribution in [0, 0.1) is 18.7 Å². The third kappa shape index (κ3) is 3.55. The molecule has 1 amide bonds. The van der Waals surface area contributed by atoms with Crippen molar-refractivity contribution in [2.24, 2.45) is 5.92 Å². The summed E-state index contributed by atoms with van der Waals surface area (Å²) in [5, 5.41) is 3.76. The summed E-state index contributed by atoms with van der Waals surface area (Å²) < 4.78 is 13.3. The second kappa shape index (κ2) is 6.71. The van der Waals surface area contributed by atoms with Gasteiger partial charge in [0, 0.05) is 24.0 Å². The number of nitrogens with zero attached hydrogens (tertiary/aromatic N) is 1. The molecule has 1 aromatic heterocycles. The normalized spacial score (nSPS) is 19.2. The standard InChI is InChI=1S/C18H24FN3O/c1-12-15-10-14(19)5-6-16(15)21-17(12)18(23)20-8-7-13-4-3-9-22(2)11-13/h5-6,10,13,21H,3-4,7-9,11H2,1-2H3,(H,20,23)/t13-/m0/s1. The molecule has 0 saturated carbocycles. The van der Waals surface area contributed by atoms with E-state index in [9.17, 15) is 9.18 Å². The number of amides is 1. The molecule has 0 radical (unpaired) electrons. The minimum Gasteiger partial charge on any atom is -0.351 e. The maximum absolute atomic E-state index is 13.3. The van der Waals surface area contributed by atoms with Gasteiger partial charge in [-0.3, -0.25) is 4.79 Å². The molecular weight excluding hydrogens is 293 g/mol. The van der Waals surface area contributed by atoms with E-state index in [4.69, 9.17) is 0 Å². The number of benzene rings is 1. The second-order valence-corrected chi connectivity index (χ2v) is 6.63. The Hall–Kier alpha value is -1.88. The zero-order valence-electron chi connectivity index (χ0n) is 13.8. The molecule has 0 spiro atoms. The fourth-order valence-corrected chi connectivity index (χ4v) is 3.51. The van der Waals surface area contributed by atoms with E-state index in [-0.39, 0.29) is 11.7 Å². The van der Waals surface area contributed by atoms with Crippen molar-refractivity contribution in [1.29, 1.82) is 0 Å². The molecule has 1 aliphatic heterocycles. The molecular formula is C18H24FN3O. The maximum Gasteiger partial charge on any atom is 0.268 e. The number of halogens is 1. The Labute approximate surface area is 136 Å². The van der Waals surface area contributed by atoms with E-state index in [1.54, 1.807) is 6.07 Å². The number of hydrogen-bond acceptors (Lipinski definition) is 2. The Balaban J connectivity index is 1.61. The summed E-state index contributed by atoms with van der Waals surface area (Å²) >= 11 is 0. The average molecular weight is 317 g/mol. The minimum absolute atomic E-state index is 0.108. The average Bonchev–Trinajstić information content (AvgIpc) is 2.84. The monoisotopic (exact) mass is 317 g/mol. The molecule has 2 heterocycles. The number of likely N-dealkylation sites (tertiary alicyclic amines) is 1. The van der Waals surface area contributed by atoms with Gasteiger partial charge in [0.25, 0.3) is 5.91 Å². The van der Waals surface area contributed by atoms with Gasteiger partial charge < -0.3 is 15.2 Å². The van der Waals surface area contributed by atoms with E-state index in [2.05, 4.69) is 22.2 Å². The molecule has 1 fully saturated rings. The summed E-state index contributed by atoms with van der Waals surface area (Å²) in [6.07, 6.45) is 3.48. The summed E-state index contributed by atoms with van der Waals surface area (Å²) in [6.45, 7) is 4.82. The van der Waals surface area contributed by atoms with Gasteiger partial charge >= 0.3 is 0 Å². The Morgan fingerprint density at radius 3 is 3.09 bits per heavy atom. The third-order valence-electron chi connectivity index (χ3n) is 4.81. The second-order valence-electron chi connectivity index (χ2n) is 6.63. The van der Waals surface area contributed by atoms with Gasteiger partial charge in [0.2, 0.25) is 0 Å². The quantitative estimate of drug-likeness (QED) is 0.910. The predicted octanol–water partition coefficient (Wildman–Crippen LogP) is 3.08. The fraction of sp³-hybridized carbons (Fsp3) is 0.500. The van der Waals surface area contributed by atoms with E-state index in [0.29, 0.717) is 18.2 Å². The highest BCUT2D eigenvalue weighted by molar-refractivity contribution is 6.00. The third-order valence-corrected chi connectivity index (χ3v) is 4.81. The van der Waals surface area contributed by atoms with Crippen LogP contribution in [0.1, 0.15) is 35.3 Å². The van der Waals surface area contributed by atoms with Crippen LogP contribution < -0.4 is 5.32 Å². The molecule has 23 heavy (non-hydrogen) atoms. The van der Waals surface area contributed by atoms with E-state index < -0.39 is 0 Å². The van der Waals surface area contributed by atoms with Crippen LogP contribution in [0.25, 0.3) is 10.9 Å². The zero-order chi connectivity index (χ0) is 16.4. The molecule has 2 aromatic rings. The SMILES string of the molecule is Cc1c(C(=O)NCC[C@@H]2CCCN(C)C2)[nH]c2ccc(F)cc12. The highest BCUT2D eigenvalue weighted by atomic mass is 19.1. The smallest absolute Gasteiger partial charge is 0.268 e. The summed E-state index contributed by atoms with van der Waals surface area (Å²) in [4.78, 5) is 17.8. The number of fused-ring (bicyclic) bond motifs is 1. The van der Waals surface area contributed by atoms with E-state index in [1.807, 2.05) is 6.92 Å². The predicted molar refractivity (Wildman–Crippen MR) is 90.2 cm³/mol. The summed E-state index contributed by atoms with van der Waals surface area (Å²) in [5.41, 5.74) is 2.13. The number of aromatic amines is 1. The lowest BCUT2D eigenvalue weighted by atomic mass is 9.95. The highest BCUT2D eigenvalue weighted by Gasteiger charge is 2.18. The van der Waals surface area contributed by atoms with Crippen LogP contribution in [0.15, 0.2) is 18.2 Å². The number of aryl methyl sites for hydroxylation is 1. The molecule has 0 bridgehead atoms. The zero-order valence-corrected chi connectivity index (χ0v) is 13.8. The van der Waals surface area contributed by atoms with Crippen molar-refractivity contribution in [3.63, 3.8) is 0 Å². The number of carbonyl (C=O) groups is 1. The Morgan fingerprint density at radius 2 is 2.30 bits per heavy atom. The van der Waals surface area contributed by atoms with E-state index >= 15 is 0 Å². The van der Waals surface area contributed by atoms with Crippen LogP contribution in [0.5, 0.6) is 0 Å². The first-order valence-electron chi connectivity index (χ1n) is 8.29. The van der Waals surface area contributed by atoms with Crippen LogP contribution in [0.3, 0.4) is 0 Å². The van der Waals surface area contributed by atoms with Gasteiger partial charge in [-0.1, -0.05) is 0 Å². The molecule has 124 valence electrons. The topological polar surface area (TPSA) is 48.1 Å². The Kier molecular flexibility index (Phi) is 4.66. The largest absolute Gasteiger partial charge is 0.351 e. The van der Waals surface area contributed by atoms with Gasteiger partial charge in [0.1, 0.15) is 11.5 Å². The van der Waals surface area contributed by atoms with Crippen LogP contribution in [-0.2, 0) is 0 Å². The molecule has 3 rings (SSSR count). The number of H-pyrrole nitrogens is 1. The number of hydrogen-bond donors (Lipinski definition) is 2. The molecule has 2 N–H and O–H groups in total. The van der Waals surface area contributed by atoms with Crippen LogP contribution in [-0.4, -0.2) is 42.5 Å². The first kappa shape index (κ1) is 16.0. The lowest BCUT2D eigenvalue weighted by Crippen LogP contribution is -2.34. The van der Waals surface area contributed by atoms with Crippen LogP contribution in [0.2, 0.25) is 0 Å². The van der Waals surface area contributed by atoms with Gasteiger partial charge in [0.05, 0.1) is 0 Å². The van der Waals surface area contributed by atoms with Crippen molar-refractivity contribution in [2.45, 2.75) is 26.2 Å². The van der Waals surface area contributed by atoms with Crippen LogP contribution in [0.4, 0.5) is 4.39 Å². The minimum atomic E-state index is -0.284. The maximum atomic E-state index is 13.3. The molecule has 1 aromatic carbocycles.